The van der Waals surface area contributed by atoms with Crippen LogP contribution in [0.3, 0.4) is 0 Å². The van der Waals surface area contributed by atoms with Crippen LogP contribution in [0.5, 0.6) is 0 Å². The maximum atomic E-state index is 10.2. The predicted molar refractivity (Wildman–Crippen MR) is 291 cm³/mol. The smallest absolute Gasteiger partial charge is 0.187 e. The van der Waals surface area contributed by atoms with Crippen molar-refractivity contribution >= 4 is 0 Å². The lowest BCUT2D eigenvalue weighted by molar-refractivity contribution is -0.370. The molecule has 10 rings (SSSR count). The van der Waals surface area contributed by atoms with Crippen molar-refractivity contribution in [2.24, 2.45) is 5.11 Å². The van der Waals surface area contributed by atoms with E-state index in [1.807, 2.05) is 189 Å². The topological polar surface area (TPSA) is 169 Å². The number of fused-ring (bicyclic) bond motifs is 2. The summed E-state index contributed by atoms with van der Waals surface area (Å²) in [5.74, 6) is 0. The molecule has 2 bridgehead atoms. The summed E-state index contributed by atoms with van der Waals surface area (Å²) in [4.78, 5) is 3.30. The molecule has 0 amide bonds. The van der Waals surface area contributed by atoms with Crippen LogP contribution in [0.2, 0.25) is 0 Å². The first-order valence-corrected chi connectivity index (χ1v) is 27.1. The van der Waals surface area contributed by atoms with E-state index in [2.05, 4.69) is 16.6 Å². The molecule has 79 heavy (non-hydrogen) atoms. The summed E-state index contributed by atoms with van der Waals surface area (Å²) < 4.78 is 89.0. The average Bonchev–Trinajstić information content (AvgIpc) is 4.14. The van der Waals surface area contributed by atoms with Crippen molar-refractivity contribution in [3.05, 3.63) is 238 Å². The van der Waals surface area contributed by atoms with E-state index in [0.717, 1.165) is 33.4 Å². The van der Waals surface area contributed by atoms with Gasteiger partial charge in [-0.2, -0.15) is 0 Å². The van der Waals surface area contributed by atoms with Gasteiger partial charge in [0.15, 0.2) is 18.9 Å². The molecule has 6 aromatic rings. The molecule has 4 aliphatic heterocycles. The Morgan fingerprint density at radius 1 is 0.481 bits per heavy atom. The minimum absolute atomic E-state index is 0.0891. The summed E-state index contributed by atoms with van der Waals surface area (Å²) in [7, 11) is 0. The summed E-state index contributed by atoms with van der Waals surface area (Å²) in [5, 5.41) is 4.29. The maximum Gasteiger partial charge on any atom is 0.187 e. The van der Waals surface area contributed by atoms with Crippen LogP contribution in [-0.4, -0.2) is 112 Å². The molecular weight excluding hydrogens is 1010 g/mol. The third-order valence-corrected chi connectivity index (χ3v) is 14.4. The Morgan fingerprint density at radius 3 is 1.35 bits per heavy atom. The number of benzene rings is 6. The Hall–Kier alpha value is -6.15. The van der Waals surface area contributed by atoms with Gasteiger partial charge in [0, 0.05) is 4.91 Å². The van der Waals surface area contributed by atoms with E-state index in [1.54, 1.807) is 6.08 Å². The van der Waals surface area contributed by atoms with Crippen molar-refractivity contribution in [2.75, 3.05) is 19.8 Å². The zero-order valence-corrected chi connectivity index (χ0v) is 44.3. The first-order chi connectivity index (χ1) is 39.0. The lowest BCUT2D eigenvalue weighted by Gasteiger charge is -2.50. The lowest BCUT2D eigenvalue weighted by atomic mass is 9.95. The van der Waals surface area contributed by atoms with Gasteiger partial charge in [-0.25, -0.2) is 0 Å². The van der Waals surface area contributed by atoms with Crippen LogP contribution in [0.15, 0.2) is 200 Å². The number of nitrogens with zero attached hydrogens (tertiary/aromatic N) is 3. The fourth-order valence-electron chi connectivity index (χ4n) is 10.4. The van der Waals surface area contributed by atoms with Crippen molar-refractivity contribution in [1.29, 1.82) is 0 Å². The fourth-order valence-corrected chi connectivity index (χ4v) is 10.4. The van der Waals surface area contributed by atoms with Gasteiger partial charge in [0.2, 0.25) is 0 Å². The average molecular weight is 1080 g/mol. The molecule has 0 saturated carbocycles. The Kier molecular flexibility index (Phi) is 20.5. The van der Waals surface area contributed by atoms with Gasteiger partial charge in [0.25, 0.3) is 0 Å². The molecule has 16 heteroatoms. The minimum Gasteiger partial charge on any atom is -0.374 e. The van der Waals surface area contributed by atoms with Gasteiger partial charge in [-0.3, -0.25) is 0 Å². The molecule has 16 nitrogen and oxygen atoms in total. The standard InChI is InChI=1S/C63H69N3O13/c1-3-34-68-58-54(70-37-46-26-14-6-15-27-46)50(41-67-35-44-22-10-4-11-23-44)77-63(60(58)73-40-49-32-20-9-21-33-49)78-55-51-42-74-61(76-51)52(65-66-64)56(55)79-62-59(72-39-48-30-18-8-19-31-48)57(71-38-47-28-16-7-17-29-47)53(43(2)75-62)69-36-45-24-12-5-13-25-45/h3-33,43,50-63H,1,34-42H2,2H3/t43-,50+,51+,52+,53+,54-,55+,56+,57+,58-,59-,60+,61+,62-,63-/m0/s1. The zero-order valence-electron chi connectivity index (χ0n) is 44.3. The van der Waals surface area contributed by atoms with Crippen LogP contribution in [0, 0.1) is 0 Å². The summed E-state index contributed by atoms with van der Waals surface area (Å²) in [6, 6.07) is 58.3. The Morgan fingerprint density at radius 2 is 0.886 bits per heavy atom. The minimum atomic E-state index is -1.18. The Labute approximate surface area is 461 Å². The molecule has 0 unspecified atom stereocenters. The van der Waals surface area contributed by atoms with Crippen molar-refractivity contribution in [3.63, 3.8) is 0 Å². The highest BCUT2D eigenvalue weighted by Crippen LogP contribution is 2.41. The molecule has 15 atom stereocenters. The second-order valence-corrected chi connectivity index (χ2v) is 19.9. The molecule has 0 spiro atoms. The third kappa shape index (κ3) is 15.0. The van der Waals surface area contributed by atoms with Crippen LogP contribution in [0.4, 0.5) is 0 Å². The highest BCUT2D eigenvalue weighted by atomic mass is 16.8. The number of hydrogen-bond donors (Lipinski definition) is 0. The van der Waals surface area contributed by atoms with E-state index < -0.39 is 92.1 Å². The number of hydrogen-bond acceptors (Lipinski definition) is 14. The fraction of sp³-hybridized carbons (Fsp3) is 0.397. The molecule has 414 valence electrons. The number of azide groups is 1. The molecule has 0 aromatic heterocycles. The van der Waals surface area contributed by atoms with Gasteiger partial charge >= 0.3 is 0 Å². The van der Waals surface area contributed by atoms with Crippen LogP contribution < -0.4 is 0 Å². The summed E-state index contributed by atoms with van der Waals surface area (Å²) in [6.45, 7) is 7.72. The SMILES string of the molecule is C=CCO[C@H]1[C@@H](OCc2ccccc2)[C@@H](COCc2ccccc2)O[C@@H](O[C@H]2[C@H](O[C@@H]3O[C@@H](C)[C@@H](OCc4ccccc4)[C@@H](OCc4ccccc4)[C@@H]3OCc3ccccc3)[C@@H](N=[N+]=[N-])[C@@H]3OC[C@H]2O3)[C@@H]1OCc1ccccc1. The molecule has 4 aliphatic rings. The van der Waals surface area contributed by atoms with Gasteiger partial charge < -0.3 is 61.6 Å². The van der Waals surface area contributed by atoms with Crippen LogP contribution in [0.25, 0.3) is 10.4 Å². The van der Waals surface area contributed by atoms with E-state index in [9.17, 15) is 5.53 Å². The van der Waals surface area contributed by atoms with Crippen molar-refractivity contribution in [3.8, 4) is 0 Å². The molecule has 6 aromatic carbocycles. The second-order valence-electron chi connectivity index (χ2n) is 19.9. The van der Waals surface area contributed by atoms with E-state index in [-0.39, 0.29) is 46.2 Å². The van der Waals surface area contributed by atoms with Gasteiger partial charge in [0.05, 0.1) is 65.6 Å². The largest absolute Gasteiger partial charge is 0.374 e. The molecule has 0 radical (unpaired) electrons. The van der Waals surface area contributed by atoms with E-state index >= 15 is 0 Å². The Balaban J connectivity index is 1.00. The number of ether oxygens (including phenoxy) is 13. The highest BCUT2D eigenvalue weighted by Gasteiger charge is 2.58. The van der Waals surface area contributed by atoms with Crippen LogP contribution >= 0.6 is 0 Å². The first kappa shape index (κ1) is 56.1. The first-order valence-electron chi connectivity index (χ1n) is 27.1. The third-order valence-electron chi connectivity index (χ3n) is 14.4. The Bertz CT molecular complexity index is 2770. The molecule has 0 aliphatic carbocycles. The molecule has 0 N–H and O–H groups in total. The van der Waals surface area contributed by atoms with Gasteiger partial charge in [-0.05, 0) is 45.8 Å². The summed E-state index contributed by atoms with van der Waals surface area (Å²) in [6.07, 6.45) is -10.5. The lowest BCUT2D eigenvalue weighted by Crippen LogP contribution is -2.66. The summed E-state index contributed by atoms with van der Waals surface area (Å²) >= 11 is 0. The van der Waals surface area contributed by atoms with Crippen LogP contribution in [-0.2, 0) is 101 Å². The molecule has 4 heterocycles. The highest BCUT2D eigenvalue weighted by molar-refractivity contribution is 5.18. The van der Waals surface area contributed by atoms with E-state index in [1.165, 1.54) is 0 Å². The van der Waals surface area contributed by atoms with Crippen molar-refractivity contribution < 1.29 is 61.6 Å². The quantitative estimate of drug-likeness (QED) is 0.0207. The molecular formula is C63H69N3O13. The van der Waals surface area contributed by atoms with Crippen molar-refractivity contribution in [1.82, 2.24) is 0 Å². The van der Waals surface area contributed by atoms with Gasteiger partial charge in [-0.15, -0.1) is 6.58 Å². The van der Waals surface area contributed by atoms with E-state index in [4.69, 9.17) is 61.6 Å². The molecule has 4 saturated heterocycles. The second kappa shape index (κ2) is 28.8. The maximum absolute atomic E-state index is 10.2. The van der Waals surface area contributed by atoms with E-state index in [0.29, 0.717) is 13.2 Å². The summed E-state index contributed by atoms with van der Waals surface area (Å²) in [5.41, 5.74) is 16.0. The predicted octanol–water partition coefficient (Wildman–Crippen LogP) is 10.4. The normalized spacial score (nSPS) is 29.4. The van der Waals surface area contributed by atoms with Crippen molar-refractivity contribution in [2.45, 2.75) is 139 Å². The molecule has 4 fully saturated rings. The van der Waals surface area contributed by atoms with Gasteiger partial charge in [-0.1, -0.05) is 193 Å². The van der Waals surface area contributed by atoms with Gasteiger partial charge in [0.1, 0.15) is 67.1 Å². The monoisotopic (exact) mass is 1080 g/mol. The zero-order chi connectivity index (χ0) is 54.0. The van der Waals surface area contributed by atoms with Crippen LogP contribution in [0.1, 0.15) is 40.3 Å². The number of rotatable bonds is 27.